The maximum absolute atomic E-state index is 13.0. The van der Waals surface area contributed by atoms with Crippen molar-refractivity contribution in [1.29, 1.82) is 0 Å². The fourth-order valence-corrected chi connectivity index (χ4v) is 2.24. The largest absolute Gasteiger partial charge is 0.321 e. The molecule has 1 amide bonds. The summed E-state index contributed by atoms with van der Waals surface area (Å²) in [5.74, 6) is -0.656. The van der Waals surface area contributed by atoms with Crippen molar-refractivity contribution in [2.45, 2.75) is 6.92 Å². The first-order chi connectivity index (χ1) is 8.97. The van der Waals surface area contributed by atoms with Gasteiger partial charge in [0.25, 0.3) is 5.91 Å². The Bertz CT molecular complexity index is 645. The summed E-state index contributed by atoms with van der Waals surface area (Å²) in [6, 6.07) is 9.17. The second-order valence-electron chi connectivity index (χ2n) is 4.04. The Hall–Kier alpha value is -1.39. The van der Waals surface area contributed by atoms with E-state index in [-0.39, 0.29) is 11.7 Å². The molecule has 0 unspecified atom stereocenters. The molecule has 5 heteroatoms. The van der Waals surface area contributed by atoms with Gasteiger partial charge in [-0.2, -0.15) is 0 Å². The van der Waals surface area contributed by atoms with Crippen LogP contribution in [0.5, 0.6) is 0 Å². The Morgan fingerprint density at radius 1 is 1.26 bits per heavy atom. The van der Waals surface area contributed by atoms with Gasteiger partial charge >= 0.3 is 0 Å². The molecule has 0 atom stereocenters. The lowest BCUT2D eigenvalue weighted by molar-refractivity contribution is 0.102. The zero-order chi connectivity index (χ0) is 14.0. The minimum atomic E-state index is -0.371. The van der Waals surface area contributed by atoms with E-state index < -0.39 is 0 Å². The molecule has 0 fully saturated rings. The molecule has 0 radical (unpaired) electrons. The number of halogens is 3. The lowest BCUT2D eigenvalue weighted by Crippen LogP contribution is -2.13. The van der Waals surface area contributed by atoms with Crippen LogP contribution in [0.15, 0.2) is 40.9 Å². The zero-order valence-corrected chi connectivity index (χ0v) is 12.3. The van der Waals surface area contributed by atoms with E-state index in [1.807, 2.05) is 6.92 Å². The maximum Gasteiger partial charge on any atom is 0.256 e. The molecule has 0 bridgehead atoms. The van der Waals surface area contributed by atoms with E-state index >= 15 is 0 Å². The normalized spacial score (nSPS) is 10.3. The van der Waals surface area contributed by atoms with Crippen molar-refractivity contribution in [2.75, 3.05) is 5.32 Å². The van der Waals surface area contributed by atoms with Gasteiger partial charge in [-0.1, -0.05) is 17.7 Å². The second-order valence-corrected chi connectivity index (χ2v) is 5.33. The summed E-state index contributed by atoms with van der Waals surface area (Å²) >= 11 is 9.08. The highest BCUT2D eigenvalue weighted by Gasteiger charge is 2.11. The van der Waals surface area contributed by atoms with Gasteiger partial charge in [-0.15, -0.1) is 0 Å². The number of carbonyl (C=O) groups is 1. The Morgan fingerprint density at radius 2 is 2.00 bits per heavy atom. The van der Waals surface area contributed by atoms with Crippen LogP contribution in [0.25, 0.3) is 0 Å². The van der Waals surface area contributed by atoms with Crippen molar-refractivity contribution < 1.29 is 9.18 Å². The van der Waals surface area contributed by atoms with E-state index in [1.54, 1.807) is 18.2 Å². The SMILES string of the molecule is Cc1ccc(Cl)cc1C(=O)Nc1ccc(F)cc1Br. The fourth-order valence-electron chi connectivity index (χ4n) is 1.62. The molecule has 2 rings (SSSR count). The lowest BCUT2D eigenvalue weighted by atomic mass is 10.1. The number of benzene rings is 2. The second kappa shape index (κ2) is 5.72. The van der Waals surface area contributed by atoms with E-state index in [2.05, 4.69) is 21.2 Å². The van der Waals surface area contributed by atoms with Crippen molar-refractivity contribution in [2.24, 2.45) is 0 Å². The molecule has 2 aromatic rings. The summed E-state index contributed by atoms with van der Waals surface area (Å²) in [6.45, 7) is 1.82. The van der Waals surface area contributed by atoms with E-state index in [4.69, 9.17) is 11.6 Å². The number of hydrogen-bond acceptors (Lipinski definition) is 1. The summed E-state index contributed by atoms with van der Waals surface area (Å²) in [5.41, 5.74) is 1.81. The van der Waals surface area contributed by atoms with Gasteiger partial charge in [0.05, 0.1) is 5.69 Å². The van der Waals surface area contributed by atoms with E-state index in [9.17, 15) is 9.18 Å². The highest BCUT2D eigenvalue weighted by molar-refractivity contribution is 9.10. The van der Waals surface area contributed by atoms with Crippen LogP contribution in [0.4, 0.5) is 10.1 Å². The number of anilines is 1. The number of amides is 1. The van der Waals surface area contributed by atoms with Gasteiger partial charge in [-0.05, 0) is 58.7 Å². The summed E-state index contributed by atoms with van der Waals surface area (Å²) in [5, 5.41) is 3.21. The maximum atomic E-state index is 13.0. The molecule has 2 nitrogen and oxygen atoms in total. The minimum absolute atomic E-state index is 0.285. The molecule has 2 aromatic carbocycles. The molecule has 0 aliphatic heterocycles. The van der Waals surface area contributed by atoms with Gasteiger partial charge in [-0.25, -0.2) is 4.39 Å². The average Bonchev–Trinajstić information content (AvgIpc) is 2.35. The molecule has 0 aromatic heterocycles. The van der Waals surface area contributed by atoms with Crippen LogP contribution in [-0.2, 0) is 0 Å². The van der Waals surface area contributed by atoms with Crippen molar-refractivity contribution >= 4 is 39.1 Å². The van der Waals surface area contributed by atoms with Gasteiger partial charge in [0.15, 0.2) is 0 Å². The molecule has 0 aliphatic carbocycles. The first-order valence-corrected chi connectivity index (χ1v) is 6.67. The Labute approximate surface area is 123 Å². The summed E-state index contributed by atoms with van der Waals surface area (Å²) < 4.78 is 13.5. The van der Waals surface area contributed by atoms with Crippen LogP contribution in [-0.4, -0.2) is 5.91 Å². The predicted molar refractivity (Wildman–Crippen MR) is 78.2 cm³/mol. The van der Waals surface area contributed by atoms with Crippen LogP contribution < -0.4 is 5.32 Å². The highest BCUT2D eigenvalue weighted by atomic mass is 79.9. The van der Waals surface area contributed by atoms with Gasteiger partial charge in [0.1, 0.15) is 5.82 Å². The molecule has 0 saturated carbocycles. The number of aryl methyl sites for hydroxylation is 1. The lowest BCUT2D eigenvalue weighted by Gasteiger charge is -2.09. The number of nitrogens with one attached hydrogen (secondary N) is 1. The molecule has 1 N–H and O–H groups in total. The van der Waals surface area contributed by atoms with Gasteiger partial charge in [-0.3, -0.25) is 4.79 Å². The van der Waals surface area contributed by atoms with Gasteiger partial charge in [0, 0.05) is 15.1 Å². The summed E-state index contributed by atoms with van der Waals surface area (Å²) in [4.78, 5) is 12.1. The van der Waals surface area contributed by atoms with E-state index in [1.165, 1.54) is 18.2 Å². The molecule has 98 valence electrons. The summed E-state index contributed by atoms with van der Waals surface area (Å²) in [6.07, 6.45) is 0. The van der Waals surface area contributed by atoms with Crippen molar-refractivity contribution in [3.05, 3.63) is 62.8 Å². The third kappa shape index (κ3) is 3.33. The Kier molecular flexibility index (Phi) is 4.22. The molecule has 19 heavy (non-hydrogen) atoms. The quantitative estimate of drug-likeness (QED) is 0.834. The predicted octanol–water partition coefficient (Wildman–Crippen LogP) is 4.80. The minimum Gasteiger partial charge on any atom is -0.321 e. The Balaban J connectivity index is 2.28. The Morgan fingerprint density at radius 3 is 2.68 bits per heavy atom. The molecule has 0 spiro atoms. The molecule has 0 saturated heterocycles. The third-order valence-corrected chi connectivity index (χ3v) is 3.51. The third-order valence-electron chi connectivity index (χ3n) is 2.62. The van der Waals surface area contributed by atoms with E-state index in [0.29, 0.717) is 20.7 Å². The fraction of sp³-hybridized carbons (Fsp3) is 0.0714. The van der Waals surface area contributed by atoms with Crippen LogP contribution in [0.3, 0.4) is 0 Å². The smallest absolute Gasteiger partial charge is 0.256 e. The number of carbonyl (C=O) groups excluding carboxylic acids is 1. The van der Waals surface area contributed by atoms with Crippen molar-refractivity contribution in [3.8, 4) is 0 Å². The van der Waals surface area contributed by atoms with Crippen LogP contribution >= 0.6 is 27.5 Å². The highest BCUT2D eigenvalue weighted by Crippen LogP contribution is 2.24. The number of hydrogen-bond donors (Lipinski definition) is 1. The molecular weight excluding hydrogens is 333 g/mol. The zero-order valence-electron chi connectivity index (χ0n) is 10.0. The molecule has 0 aliphatic rings. The van der Waals surface area contributed by atoms with Gasteiger partial charge in [0.2, 0.25) is 0 Å². The van der Waals surface area contributed by atoms with Gasteiger partial charge < -0.3 is 5.32 Å². The van der Waals surface area contributed by atoms with Crippen molar-refractivity contribution in [3.63, 3.8) is 0 Å². The van der Waals surface area contributed by atoms with Crippen LogP contribution in [0.2, 0.25) is 5.02 Å². The summed E-state index contributed by atoms with van der Waals surface area (Å²) in [7, 11) is 0. The first kappa shape index (κ1) is 14.0. The topological polar surface area (TPSA) is 29.1 Å². The van der Waals surface area contributed by atoms with Crippen molar-refractivity contribution in [1.82, 2.24) is 0 Å². The molecule has 0 heterocycles. The standard InChI is InChI=1S/C14H10BrClFNO/c1-8-2-3-9(16)6-11(8)14(19)18-13-5-4-10(17)7-12(13)15/h2-7H,1H3,(H,18,19). The van der Waals surface area contributed by atoms with Crippen LogP contribution in [0, 0.1) is 12.7 Å². The monoisotopic (exact) mass is 341 g/mol. The van der Waals surface area contributed by atoms with E-state index in [0.717, 1.165) is 5.56 Å². The van der Waals surface area contributed by atoms with Crippen LogP contribution in [0.1, 0.15) is 15.9 Å². The number of rotatable bonds is 2. The molecular formula is C14H10BrClFNO. The first-order valence-electron chi connectivity index (χ1n) is 5.50. The average molecular weight is 343 g/mol.